The van der Waals surface area contributed by atoms with Crippen LogP contribution in [0.15, 0.2) is 35.6 Å². The molecule has 24 heavy (non-hydrogen) atoms. The summed E-state index contributed by atoms with van der Waals surface area (Å²) in [5.74, 6) is 1.01. The van der Waals surface area contributed by atoms with E-state index in [1.807, 2.05) is 24.4 Å². The molecule has 0 saturated carbocycles. The van der Waals surface area contributed by atoms with Crippen molar-refractivity contribution >= 4 is 22.8 Å². The number of thioether (sulfide) groups is 1. The molecule has 0 amide bonds. The second kappa shape index (κ2) is 6.48. The molecule has 5 heteroatoms. The van der Waals surface area contributed by atoms with Crippen molar-refractivity contribution in [3.63, 3.8) is 0 Å². The number of hydrogen-bond donors (Lipinski definition) is 1. The normalized spacial score (nSPS) is 17.5. The number of aromatic amines is 1. The molecule has 4 nitrogen and oxygen atoms in total. The van der Waals surface area contributed by atoms with Gasteiger partial charge in [0.25, 0.3) is 0 Å². The fourth-order valence-corrected chi connectivity index (χ4v) is 4.65. The predicted molar refractivity (Wildman–Crippen MR) is 97.8 cm³/mol. The van der Waals surface area contributed by atoms with Crippen molar-refractivity contribution in [2.24, 2.45) is 0 Å². The van der Waals surface area contributed by atoms with E-state index < -0.39 is 0 Å². The van der Waals surface area contributed by atoms with Crippen molar-refractivity contribution < 1.29 is 4.74 Å². The van der Waals surface area contributed by atoms with Gasteiger partial charge in [0.15, 0.2) is 5.16 Å². The van der Waals surface area contributed by atoms with E-state index in [0.29, 0.717) is 5.25 Å². The molecular formula is C19H21N3OS. The molecule has 0 aliphatic heterocycles. The van der Waals surface area contributed by atoms with Gasteiger partial charge in [-0.1, -0.05) is 30.3 Å². The minimum atomic E-state index is 0.317. The van der Waals surface area contributed by atoms with Crippen molar-refractivity contribution in [1.29, 1.82) is 0 Å². The van der Waals surface area contributed by atoms with Crippen LogP contribution in [0.5, 0.6) is 5.75 Å². The van der Waals surface area contributed by atoms with Crippen molar-refractivity contribution in [1.82, 2.24) is 15.0 Å². The average Bonchev–Trinajstić information content (AvgIpc) is 2.89. The molecule has 0 saturated heterocycles. The third-order valence-corrected chi connectivity index (χ3v) is 5.77. The molecule has 2 aromatic heterocycles. The number of aryl methyl sites for hydroxylation is 1. The molecule has 1 aliphatic rings. The Hall–Kier alpha value is -2.01. The zero-order chi connectivity index (χ0) is 16.5. The lowest BCUT2D eigenvalue weighted by atomic mass is 10.0. The van der Waals surface area contributed by atoms with Gasteiger partial charge in [-0.3, -0.25) is 4.98 Å². The molecule has 0 bridgehead atoms. The fourth-order valence-electron chi connectivity index (χ4n) is 3.46. The Labute approximate surface area is 146 Å². The van der Waals surface area contributed by atoms with E-state index in [0.717, 1.165) is 40.3 Å². The fraction of sp³-hybridized carbons (Fsp3) is 0.368. The second-order valence-electron chi connectivity index (χ2n) is 6.25. The van der Waals surface area contributed by atoms with Gasteiger partial charge >= 0.3 is 0 Å². The molecular weight excluding hydrogens is 318 g/mol. The number of ether oxygens (including phenoxy) is 1. The molecule has 0 radical (unpaired) electrons. The van der Waals surface area contributed by atoms with Crippen LogP contribution in [0.4, 0.5) is 0 Å². The van der Waals surface area contributed by atoms with E-state index in [-0.39, 0.29) is 0 Å². The molecule has 4 rings (SSSR count). The number of aromatic nitrogens is 3. The summed E-state index contributed by atoms with van der Waals surface area (Å²) in [6.45, 7) is 2.07. The highest BCUT2D eigenvalue weighted by Gasteiger charge is 2.25. The molecule has 1 N–H and O–H groups in total. The number of hydrogen-bond acceptors (Lipinski definition) is 4. The number of nitrogens with one attached hydrogen (secondary N) is 1. The molecule has 124 valence electrons. The van der Waals surface area contributed by atoms with Gasteiger partial charge in [-0.15, -0.1) is 0 Å². The lowest BCUT2D eigenvalue weighted by Gasteiger charge is -2.18. The van der Waals surface area contributed by atoms with Gasteiger partial charge < -0.3 is 9.72 Å². The standard InChI is InChI=1S/C19H21N3OS/c1-12-11-20-17-13(18(12)23-2)7-3-6-10-16(17)24-19-21-14-8-4-5-9-15(14)22-19/h4-5,8-9,11,16H,3,6-7,10H2,1-2H3,(H,21,22). The van der Waals surface area contributed by atoms with Crippen molar-refractivity contribution in [2.75, 3.05) is 7.11 Å². The number of pyridine rings is 1. The highest BCUT2D eigenvalue weighted by molar-refractivity contribution is 7.99. The van der Waals surface area contributed by atoms with Crippen LogP contribution in [0.3, 0.4) is 0 Å². The van der Waals surface area contributed by atoms with Crippen molar-refractivity contribution in [3.8, 4) is 5.75 Å². The second-order valence-corrected chi connectivity index (χ2v) is 7.44. The predicted octanol–water partition coefficient (Wildman–Crippen LogP) is 4.83. The van der Waals surface area contributed by atoms with E-state index in [9.17, 15) is 0 Å². The quantitative estimate of drug-likeness (QED) is 0.694. The zero-order valence-electron chi connectivity index (χ0n) is 14.0. The molecule has 1 aromatic carbocycles. The maximum absolute atomic E-state index is 5.67. The van der Waals surface area contributed by atoms with E-state index in [4.69, 9.17) is 14.7 Å². The number of methoxy groups -OCH3 is 1. The summed E-state index contributed by atoms with van der Waals surface area (Å²) in [6.07, 6.45) is 6.50. The topological polar surface area (TPSA) is 50.8 Å². The lowest BCUT2D eigenvalue weighted by molar-refractivity contribution is 0.404. The van der Waals surface area contributed by atoms with Crippen molar-refractivity contribution in [3.05, 3.63) is 47.3 Å². The Morgan fingerprint density at radius 2 is 2.12 bits per heavy atom. The van der Waals surface area contributed by atoms with Gasteiger partial charge in [-0.25, -0.2) is 4.98 Å². The first-order valence-corrected chi connectivity index (χ1v) is 9.28. The summed E-state index contributed by atoms with van der Waals surface area (Å²) >= 11 is 1.79. The number of rotatable bonds is 3. The Morgan fingerprint density at radius 1 is 1.25 bits per heavy atom. The third kappa shape index (κ3) is 2.77. The van der Waals surface area contributed by atoms with Crippen LogP contribution in [-0.2, 0) is 6.42 Å². The van der Waals surface area contributed by atoms with Gasteiger partial charge in [0.2, 0.25) is 0 Å². The molecule has 2 heterocycles. The van der Waals surface area contributed by atoms with Gasteiger partial charge in [0, 0.05) is 17.3 Å². The summed E-state index contributed by atoms with van der Waals surface area (Å²) in [5, 5.41) is 1.29. The molecule has 0 fully saturated rings. The number of H-pyrrole nitrogens is 1. The average molecular weight is 339 g/mol. The van der Waals surface area contributed by atoms with E-state index in [1.54, 1.807) is 18.9 Å². The maximum atomic E-state index is 5.67. The van der Waals surface area contributed by atoms with Crippen LogP contribution in [0, 0.1) is 6.92 Å². The van der Waals surface area contributed by atoms with Gasteiger partial charge in [0.1, 0.15) is 5.75 Å². The number of nitrogens with zero attached hydrogens (tertiary/aromatic N) is 2. The minimum absolute atomic E-state index is 0.317. The van der Waals surface area contributed by atoms with Gasteiger partial charge in [-0.2, -0.15) is 0 Å². The highest BCUT2D eigenvalue weighted by Crippen LogP contribution is 2.43. The number of para-hydroxylation sites is 2. The van der Waals surface area contributed by atoms with Crippen LogP contribution in [0.2, 0.25) is 0 Å². The largest absolute Gasteiger partial charge is 0.496 e. The lowest BCUT2D eigenvalue weighted by Crippen LogP contribution is -2.04. The summed E-state index contributed by atoms with van der Waals surface area (Å²) in [6, 6.07) is 8.17. The van der Waals surface area contributed by atoms with Crippen LogP contribution in [0.1, 0.15) is 41.3 Å². The van der Waals surface area contributed by atoms with Gasteiger partial charge in [0.05, 0.1) is 29.1 Å². The molecule has 0 spiro atoms. The number of benzene rings is 1. The van der Waals surface area contributed by atoms with Gasteiger partial charge in [-0.05, 0) is 38.3 Å². The van der Waals surface area contributed by atoms with E-state index >= 15 is 0 Å². The first kappa shape index (κ1) is 15.5. The molecule has 1 atom stereocenters. The Morgan fingerprint density at radius 3 is 2.96 bits per heavy atom. The summed E-state index contributed by atoms with van der Waals surface area (Å²) < 4.78 is 5.67. The van der Waals surface area contributed by atoms with Crippen LogP contribution in [-0.4, -0.2) is 22.1 Å². The first-order chi connectivity index (χ1) is 11.8. The first-order valence-electron chi connectivity index (χ1n) is 8.40. The number of fused-ring (bicyclic) bond motifs is 2. The molecule has 1 aliphatic carbocycles. The Kier molecular flexibility index (Phi) is 4.19. The third-order valence-electron chi connectivity index (χ3n) is 4.61. The van der Waals surface area contributed by atoms with Crippen LogP contribution < -0.4 is 4.74 Å². The Balaban J connectivity index is 1.71. The smallest absolute Gasteiger partial charge is 0.167 e. The molecule has 1 unspecified atom stereocenters. The van der Waals surface area contributed by atoms with Crippen LogP contribution >= 0.6 is 11.8 Å². The zero-order valence-corrected chi connectivity index (χ0v) is 14.8. The maximum Gasteiger partial charge on any atom is 0.167 e. The monoisotopic (exact) mass is 339 g/mol. The van der Waals surface area contributed by atoms with Crippen molar-refractivity contribution in [2.45, 2.75) is 43.0 Å². The Bertz CT molecular complexity index is 841. The minimum Gasteiger partial charge on any atom is -0.496 e. The van der Waals surface area contributed by atoms with E-state index in [2.05, 4.69) is 18.0 Å². The number of imidazole rings is 1. The summed E-state index contributed by atoms with van der Waals surface area (Å²) in [4.78, 5) is 12.9. The molecule has 3 aromatic rings. The van der Waals surface area contributed by atoms with E-state index in [1.165, 1.54) is 24.1 Å². The summed E-state index contributed by atoms with van der Waals surface area (Å²) in [7, 11) is 1.76. The van der Waals surface area contributed by atoms with Crippen LogP contribution in [0.25, 0.3) is 11.0 Å². The SMILES string of the molecule is COc1c(C)cnc2c1CCCCC2Sc1nc2ccccc2[nH]1. The summed E-state index contributed by atoms with van der Waals surface area (Å²) in [5.41, 5.74) is 5.67. The highest BCUT2D eigenvalue weighted by atomic mass is 32.2.